The van der Waals surface area contributed by atoms with Crippen molar-refractivity contribution in [1.29, 1.82) is 0 Å². The summed E-state index contributed by atoms with van der Waals surface area (Å²) in [6, 6.07) is 22.9. The first kappa shape index (κ1) is 20.1. The van der Waals surface area contributed by atoms with Crippen LogP contribution in [0.2, 0.25) is 10.0 Å². The first-order chi connectivity index (χ1) is 13.5. The lowest BCUT2D eigenvalue weighted by Crippen LogP contribution is -2.31. The van der Waals surface area contributed by atoms with Gasteiger partial charge in [-0.25, -0.2) is 0 Å². The van der Waals surface area contributed by atoms with Crippen molar-refractivity contribution < 1.29 is 9.59 Å². The van der Waals surface area contributed by atoms with Crippen LogP contribution in [0.15, 0.2) is 78.9 Å². The van der Waals surface area contributed by atoms with Crippen molar-refractivity contribution in [2.45, 2.75) is 18.9 Å². The van der Waals surface area contributed by atoms with Crippen molar-refractivity contribution in [3.05, 3.63) is 106 Å². The van der Waals surface area contributed by atoms with Gasteiger partial charge in [0.15, 0.2) is 5.78 Å². The van der Waals surface area contributed by atoms with Crippen molar-refractivity contribution >= 4 is 34.9 Å². The average molecular weight is 412 g/mol. The molecule has 0 saturated heterocycles. The lowest BCUT2D eigenvalue weighted by atomic mass is 9.97. The van der Waals surface area contributed by atoms with Crippen molar-refractivity contribution in [1.82, 2.24) is 5.32 Å². The molecule has 5 heteroatoms. The van der Waals surface area contributed by atoms with E-state index in [1.165, 1.54) is 0 Å². The Morgan fingerprint density at radius 1 is 0.857 bits per heavy atom. The van der Waals surface area contributed by atoms with Crippen LogP contribution in [0.4, 0.5) is 0 Å². The number of benzene rings is 3. The van der Waals surface area contributed by atoms with E-state index in [0.29, 0.717) is 21.2 Å². The third kappa shape index (κ3) is 5.44. The number of hydrogen-bond acceptors (Lipinski definition) is 2. The molecule has 1 N–H and O–H groups in total. The van der Waals surface area contributed by atoms with Gasteiger partial charge in [0.1, 0.15) is 0 Å². The van der Waals surface area contributed by atoms with Gasteiger partial charge in [-0.1, -0.05) is 89.9 Å². The molecule has 0 aliphatic rings. The summed E-state index contributed by atoms with van der Waals surface area (Å²) in [5.41, 5.74) is 2.15. The predicted octanol–water partition coefficient (Wildman–Crippen LogP) is 5.67. The van der Waals surface area contributed by atoms with Gasteiger partial charge in [-0.2, -0.15) is 0 Å². The standard InChI is InChI=1S/C23H19Cl2NO2/c24-18-11-12-19(20(25)14-18)21(15-22(27)17-9-5-2-6-10-17)26-23(28)13-16-7-3-1-4-8-16/h1-12,14,21H,13,15H2,(H,26,28). The van der Waals surface area contributed by atoms with Gasteiger partial charge in [0.25, 0.3) is 0 Å². The number of Topliss-reactive ketones (excluding diaryl/α,β-unsaturated/α-hetero) is 1. The molecule has 0 aliphatic heterocycles. The van der Waals surface area contributed by atoms with Gasteiger partial charge in [-0.05, 0) is 23.3 Å². The molecule has 0 aromatic heterocycles. The molecule has 3 aromatic carbocycles. The maximum absolute atomic E-state index is 12.7. The third-order valence-corrected chi connectivity index (χ3v) is 4.93. The summed E-state index contributed by atoms with van der Waals surface area (Å²) in [6.45, 7) is 0. The molecule has 0 heterocycles. The average Bonchev–Trinajstić information content (AvgIpc) is 2.69. The summed E-state index contributed by atoms with van der Waals surface area (Å²) in [7, 11) is 0. The summed E-state index contributed by atoms with van der Waals surface area (Å²) in [5, 5.41) is 3.87. The molecule has 1 amide bonds. The van der Waals surface area contributed by atoms with Gasteiger partial charge in [0, 0.05) is 22.0 Å². The molecule has 0 radical (unpaired) electrons. The molecule has 3 nitrogen and oxygen atoms in total. The summed E-state index contributed by atoms with van der Waals surface area (Å²) in [4.78, 5) is 25.3. The highest BCUT2D eigenvalue weighted by Gasteiger charge is 2.22. The normalized spacial score (nSPS) is 11.6. The number of carbonyl (C=O) groups excluding carboxylic acids is 2. The van der Waals surface area contributed by atoms with Crippen LogP contribution in [-0.4, -0.2) is 11.7 Å². The van der Waals surface area contributed by atoms with Gasteiger partial charge in [-0.3, -0.25) is 9.59 Å². The van der Waals surface area contributed by atoms with Gasteiger partial charge >= 0.3 is 0 Å². The monoisotopic (exact) mass is 411 g/mol. The molecular weight excluding hydrogens is 393 g/mol. The highest BCUT2D eigenvalue weighted by molar-refractivity contribution is 6.35. The van der Waals surface area contributed by atoms with E-state index in [1.807, 2.05) is 48.5 Å². The van der Waals surface area contributed by atoms with E-state index in [9.17, 15) is 9.59 Å². The third-order valence-electron chi connectivity index (χ3n) is 4.37. The van der Waals surface area contributed by atoms with Crippen molar-refractivity contribution in [3.8, 4) is 0 Å². The maximum atomic E-state index is 12.7. The Kier molecular flexibility index (Phi) is 6.85. The van der Waals surface area contributed by atoms with Gasteiger partial charge in [0.05, 0.1) is 12.5 Å². The van der Waals surface area contributed by atoms with Crippen LogP contribution in [0.1, 0.15) is 33.9 Å². The molecule has 0 fully saturated rings. The minimum absolute atomic E-state index is 0.0726. The Morgan fingerprint density at radius 3 is 2.14 bits per heavy atom. The van der Waals surface area contributed by atoms with E-state index in [-0.39, 0.29) is 24.5 Å². The lowest BCUT2D eigenvalue weighted by molar-refractivity contribution is -0.121. The Bertz CT molecular complexity index is 959. The van der Waals surface area contributed by atoms with Crippen molar-refractivity contribution in [3.63, 3.8) is 0 Å². The Hall–Kier alpha value is -2.62. The van der Waals surface area contributed by atoms with E-state index in [0.717, 1.165) is 5.56 Å². The molecule has 0 spiro atoms. The van der Waals surface area contributed by atoms with Crippen LogP contribution < -0.4 is 5.32 Å². The molecule has 0 saturated carbocycles. The molecule has 0 aliphatic carbocycles. The minimum Gasteiger partial charge on any atom is -0.348 e. The van der Waals surface area contributed by atoms with Crippen molar-refractivity contribution in [2.24, 2.45) is 0 Å². The van der Waals surface area contributed by atoms with E-state index in [4.69, 9.17) is 23.2 Å². The topological polar surface area (TPSA) is 46.2 Å². The van der Waals surface area contributed by atoms with Crippen LogP contribution in [0, 0.1) is 0 Å². The van der Waals surface area contributed by atoms with Gasteiger partial charge in [-0.15, -0.1) is 0 Å². The molecule has 1 unspecified atom stereocenters. The zero-order valence-corrected chi connectivity index (χ0v) is 16.6. The quantitative estimate of drug-likeness (QED) is 0.509. The second-order valence-corrected chi connectivity index (χ2v) is 7.29. The predicted molar refractivity (Wildman–Crippen MR) is 113 cm³/mol. The summed E-state index contributed by atoms with van der Waals surface area (Å²) >= 11 is 12.3. The number of rotatable bonds is 7. The van der Waals surface area contributed by atoms with Crippen LogP contribution in [0.25, 0.3) is 0 Å². The zero-order valence-electron chi connectivity index (χ0n) is 15.1. The SMILES string of the molecule is O=C(Cc1ccccc1)NC(CC(=O)c1ccccc1)c1ccc(Cl)cc1Cl. The largest absolute Gasteiger partial charge is 0.348 e. The van der Waals surface area contributed by atoms with E-state index in [1.54, 1.807) is 30.3 Å². The van der Waals surface area contributed by atoms with Crippen LogP contribution in [0.5, 0.6) is 0 Å². The van der Waals surface area contributed by atoms with Crippen LogP contribution in [-0.2, 0) is 11.2 Å². The molecule has 28 heavy (non-hydrogen) atoms. The van der Waals surface area contributed by atoms with Crippen LogP contribution in [0.3, 0.4) is 0 Å². The summed E-state index contributed by atoms with van der Waals surface area (Å²) in [5.74, 6) is -0.250. The van der Waals surface area contributed by atoms with Gasteiger partial charge in [0.2, 0.25) is 5.91 Å². The number of hydrogen-bond donors (Lipinski definition) is 1. The Balaban J connectivity index is 1.81. The fourth-order valence-electron chi connectivity index (χ4n) is 2.98. The highest BCUT2D eigenvalue weighted by atomic mass is 35.5. The second kappa shape index (κ2) is 9.54. The van der Waals surface area contributed by atoms with E-state index >= 15 is 0 Å². The number of carbonyl (C=O) groups is 2. The first-order valence-corrected chi connectivity index (χ1v) is 9.65. The van der Waals surface area contributed by atoms with E-state index in [2.05, 4.69) is 5.32 Å². The van der Waals surface area contributed by atoms with Crippen LogP contribution >= 0.6 is 23.2 Å². The van der Waals surface area contributed by atoms with Crippen molar-refractivity contribution in [2.75, 3.05) is 0 Å². The molecule has 142 valence electrons. The molecular formula is C23H19Cl2NO2. The Labute approximate surface area is 174 Å². The molecule has 3 aromatic rings. The number of ketones is 1. The summed E-state index contributed by atoms with van der Waals surface area (Å²) in [6.07, 6.45) is 0.327. The molecule has 0 bridgehead atoms. The van der Waals surface area contributed by atoms with Gasteiger partial charge < -0.3 is 5.32 Å². The Morgan fingerprint density at radius 2 is 1.50 bits per heavy atom. The fraction of sp³-hybridized carbons (Fsp3) is 0.130. The zero-order chi connectivity index (χ0) is 19.9. The molecule has 3 rings (SSSR count). The molecule has 1 atom stereocenters. The highest BCUT2D eigenvalue weighted by Crippen LogP contribution is 2.29. The number of halogens is 2. The van der Waals surface area contributed by atoms with E-state index < -0.39 is 6.04 Å². The number of nitrogens with one attached hydrogen (secondary N) is 1. The maximum Gasteiger partial charge on any atom is 0.224 e. The second-order valence-electron chi connectivity index (χ2n) is 6.44. The lowest BCUT2D eigenvalue weighted by Gasteiger charge is -2.20. The smallest absolute Gasteiger partial charge is 0.224 e. The first-order valence-electron chi connectivity index (χ1n) is 8.89. The number of amides is 1. The summed E-state index contributed by atoms with van der Waals surface area (Å²) < 4.78 is 0. The fourth-order valence-corrected chi connectivity index (χ4v) is 3.52. The minimum atomic E-state index is -0.548.